The fraction of sp³-hybridized carbons (Fsp3) is 0.125. The van der Waals surface area contributed by atoms with Crippen molar-refractivity contribution in [2.75, 3.05) is 0 Å². The van der Waals surface area contributed by atoms with Gasteiger partial charge in [0.05, 0.1) is 10.6 Å². The molecule has 0 bridgehead atoms. The maximum absolute atomic E-state index is 12.7. The number of hydrogen-bond donors (Lipinski definition) is 0. The molecule has 0 unspecified atom stereocenters. The zero-order valence-electron chi connectivity index (χ0n) is 5.86. The second-order valence-electron chi connectivity index (χ2n) is 2.22. The number of nitriles is 1. The molecule has 0 aliphatic carbocycles. The van der Waals surface area contributed by atoms with Gasteiger partial charge in [-0.25, -0.2) is 4.39 Å². The van der Waals surface area contributed by atoms with E-state index >= 15 is 0 Å². The lowest BCUT2D eigenvalue weighted by Gasteiger charge is -1.97. The quantitative estimate of drug-likeness (QED) is 0.586. The summed E-state index contributed by atoms with van der Waals surface area (Å²) < 4.78 is 12.7. The minimum Gasteiger partial charge on any atom is -0.205 e. The highest BCUT2D eigenvalue weighted by Crippen LogP contribution is 2.20. The maximum Gasteiger partial charge on any atom is 0.143 e. The van der Waals surface area contributed by atoms with Crippen LogP contribution in [0.25, 0.3) is 0 Å². The SMILES string of the molecule is Cc1cc(F)c(Cl)c(C#N)c1. The first-order valence-electron chi connectivity index (χ1n) is 3.01. The molecule has 0 heterocycles. The summed E-state index contributed by atoms with van der Waals surface area (Å²) in [5, 5.41) is 8.37. The molecule has 0 saturated heterocycles. The Bertz CT molecular complexity index is 328. The van der Waals surface area contributed by atoms with Crippen LogP contribution in [-0.2, 0) is 0 Å². The van der Waals surface area contributed by atoms with E-state index in [-0.39, 0.29) is 10.6 Å². The fourth-order valence-corrected chi connectivity index (χ4v) is 0.957. The van der Waals surface area contributed by atoms with Crippen LogP contribution in [0.3, 0.4) is 0 Å². The molecule has 3 heteroatoms. The van der Waals surface area contributed by atoms with E-state index < -0.39 is 5.82 Å². The van der Waals surface area contributed by atoms with Gasteiger partial charge < -0.3 is 0 Å². The monoisotopic (exact) mass is 169 g/mol. The summed E-state index contributed by atoms with van der Waals surface area (Å²) in [6, 6.07) is 4.65. The predicted octanol–water partition coefficient (Wildman–Crippen LogP) is 2.66. The van der Waals surface area contributed by atoms with Crippen LogP contribution in [0, 0.1) is 24.1 Å². The summed E-state index contributed by atoms with van der Waals surface area (Å²) >= 11 is 5.47. The normalized spacial score (nSPS) is 9.27. The summed E-state index contributed by atoms with van der Waals surface area (Å²) in [6.45, 7) is 1.71. The van der Waals surface area contributed by atoms with Crippen molar-refractivity contribution in [3.63, 3.8) is 0 Å². The van der Waals surface area contributed by atoms with Gasteiger partial charge in [0, 0.05) is 0 Å². The zero-order chi connectivity index (χ0) is 8.43. The Morgan fingerprint density at radius 1 is 1.55 bits per heavy atom. The van der Waals surface area contributed by atoms with Crippen LogP contribution >= 0.6 is 11.6 Å². The molecule has 56 valence electrons. The molecule has 0 aliphatic rings. The molecule has 0 saturated carbocycles. The highest BCUT2D eigenvalue weighted by Gasteiger charge is 2.05. The first kappa shape index (κ1) is 8.03. The fourth-order valence-electron chi connectivity index (χ4n) is 0.806. The minimum absolute atomic E-state index is 0.0990. The number of benzene rings is 1. The van der Waals surface area contributed by atoms with E-state index in [2.05, 4.69) is 0 Å². The predicted molar refractivity (Wildman–Crippen MR) is 40.9 cm³/mol. The van der Waals surface area contributed by atoms with Crippen LogP contribution in [0.5, 0.6) is 0 Å². The van der Waals surface area contributed by atoms with Crippen LogP contribution < -0.4 is 0 Å². The van der Waals surface area contributed by atoms with Gasteiger partial charge in [-0.05, 0) is 24.6 Å². The van der Waals surface area contributed by atoms with Gasteiger partial charge >= 0.3 is 0 Å². The molecule has 1 rings (SSSR count). The van der Waals surface area contributed by atoms with Gasteiger partial charge in [0.1, 0.15) is 11.9 Å². The van der Waals surface area contributed by atoms with Crippen molar-refractivity contribution in [1.82, 2.24) is 0 Å². The Hall–Kier alpha value is -1.07. The van der Waals surface area contributed by atoms with Crippen molar-refractivity contribution in [3.8, 4) is 6.07 Å². The van der Waals surface area contributed by atoms with E-state index in [1.165, 1.54) is 6.07 Å². The Labute approximate surface area is 69.0 Å². The molecular formula is C8H5ClFN. The van der Waals surface area contributed by atoms with Crippen LogP contribution in [-0.4, -0.2) is 0 Å². The summed E-state index contributed by atoms with van der Waals surface area (Å²) in [6.07, 6.45) is 0. The minimum atomic E-state index is -0.539. The third-order valence-electron chi connectivity index (χ3n) is 1.29. The number of halogens is 2. The van der Waals surface area contributed by atoms with Gasteiger partial charge in [-0.1, -0.05) is 11.6 Å². The molecular weight excluding hydrogens is 165 g/mol. The van der Waals surface area contributed by atoms with Gasteiger partial charge in [-0.3, -0.25) is 0 Å². The Kier molecular flexibility index (Phi) is 2.11. The van der Waals surface area contributed by atoms with E-state index in [1.54, 1.807) is 19.1 Å². The van der Waals surface area contributed by atoms with E-state index in [9.17, 15) is 4.39 Å². The summed E-state index contributed by atoms with van der Waals surface area (Å²) in [4.78, 5) is 0. The molecule has 1 aromatic carbocycles. The molecule has 0 atom stereocenters. The lowest BCUT2D eigenvalue weighted by Crippen LogP contribution is -1.85. The Balaban J connectivity index is 3.39. The molecule has 0 aliphatic heterocycles. The molecule has 0 amide bonds. The van der Waals surface area contributed by atoms with Crippen molar-refractivity contribution in [1.29, 1.82) is 5.26 Å². The Morgan fingerprint density at radius 2 is 2.18 bits per heavy atom. The molecule has 1 nitrogen and oxygen atoms in total. The smallest absolute Gasteiger partial charge is 0.143 e. The highest BCUT2D eigenvalue weighted by molar-refractivity contribution is 6.31. The summed E-state index contributed by atoms with van der Waals surface area (Å²) in [7, 11) is 0. The van der Waals surface area contributed by atoms with E-state index in [4.69, 9.17) is 16.9 Å². The van der Waals surface area contributed by atoms with Gasteiger partial charge in [0.25, 0.3) is 0 Å². The molecule has 0 aromatic heterocycles. The van der Waals surface area contributed by atoms with Gasteiger partial charge in [0.2, 0.25) is 0 Å². The second kappa shape index (κ2) is 2.89. The molecule has 1 aromatic rings. The Morgan fingerprint density at radius 3 is 2.73 bits per heavy atom. The largest absolute Gasteiger partial charge is 0.205 e. The van der Waals surface area contributed by atoms with Crippen LogP contribution in [0.2, 0.25) is 5.02 Å². The zero-order valence-corrected chi connectivity index (χ0v) is 6.61. The number of nitrogens with zero attached hydrogens (tertiary/aromatic N) is 1. The van der Waals surface area contributed by atoms with Crippen molar-refractivity contribution < 1.29 is 4.39 Å². The van der Waals surface area contributed by atoms with Crippen molar-refractivity contribution in [3.05, 3.63) is 34.1 Å². The van der Waals surface area contributed by atoms with Crippen LogP contribution in [0.4, 0.5) is 4.39 Å². The van der Waals surface area contributed by atoms with Crippen molar-refractivity contribution in [2.24, 2.45) is 0 Å². The van der Waals surface area contributed by atoms with E-state index in [0.717, 1.165) is 0 Å². The molecule has 0 spiro atoms. The lowest BCUT2D eigenvalue weighted by molar-refractivity contribution is 0.626. The average Bonchev–Trinajstić information content (AvgIpc) is 1.96. The van der Waals surface area contributed by atoms with Crippen LogP contribution in [0.15, 0.2) is 12.1 Å². The lowest BCUT2D eigenvalue weighted by atomic mass is 10.1. The molecule has 0 N–H and O–H groups in total. The maximum atomic E-state index is 12.7. The third-order valence-corrected chi connectivity index (χ3v) is 1.68. The standard InChI is InChI=1S/C8H5ClFN/c1-5-2-6(4-11)8(9)7(10)3-5/h2-3H,1H3. The van der Waals surface area contributed by atoms with Gasteiger partial charge in [-0.2, -0.15) is 5.26 Å². The van der Waals surface area contributed by atoms with Crippen molar-refractivity contribution in [2.45, 2.75) is 6.92 Å². The third kappa shape index (κ3) is 1.50. The first-order valence-corrected chi connectivity index (χ1v) is 3.38. The van der Waals surface area contributed by atoms with Gasteiger partial charge in [-0.15, -0.1) is 0 Å². The number of aryl methyl sites for hydroxylation is 1. The van der Waals surface area contributed by atoms with Gasteiger partial charge in [0.15, 0.2) is 0 Å². The summed E-state index contributed by atoms with van der Waals surface area (Å²) in [5.74, 6) is -0.539. The number of hydrogen-bond acceptors (Lipinski definition) is 1. The molecule has 0 radical (unpaired) electrons. The van der Waals surface area contributed by atoms with Crippen molar-refractivity contribution >= 4 is 11.6 Å². The van der Waals surface area contributed by atoms with E-state index in [1.807, 2.05) is 0 Å². The second-order valence-corrected chi connectivity index (χ2v) is 2.60. The topological polar surface area (TPSA) is 23.8 Å². The molecule has 0 fully saturated rings. The molecule has 11 heavy (non-hydrogen) atoms. The van der Waals surface area contributed by atoms with E-state index in [0.29, 0.717) is 5.56 Å². The first-order chi connectivity index (χ1) is 5.15. The highest BCUT2D eigenvalue weighted by atomic mass is 35.5. The average molecular weight is 170 g/mol. The van der Waals surface area contributed by atoms with Crippen LogP contribution in [0.1, 0.15) is 11.1 Å². The summed E-state index contributed by atoms with van der Waals surface area (Å²) in [5.41, 5.74) is 0.882. The number of rotatable bonds is 0.